The van der Waals surface area contributed by atoms with Crippen LogP contribution in [0.25, 0.3) is 0 Å². The predicted octanol–water partition coefficient (Wildman–Crippen LogP) is 4.92. The molecule has 20 heteroatoms. The van der Waals surface area contributed by atoms with Gasteiger partial charge in [0.1, 0.15) is 60.4 Å². The Labute approximate surface area is 500 Å². The minimum absolute atomic E-state index is 0.00287. The van der Waals surface area contributed by atoms with Gasteiger partial charge in [0.2, 0.25) is 59.1 Å². The van der Waals surface area contributed by atoms with Gasteiger partial charge in [-0.2, -0.15) is 0 Å². The molecule has 0 bridgehead atoms. The Bertz CT molecular complexity index is 2310. The van der Waals surface area contributed by atoms with Crippen molar-refractivity contribution in [3.05, 3.63) is 71.8 Å². The van der Waals surface area contributed by atoms with Gasteiger partial charge in [0.05, 0.1) is 0 Å². The van der Waals surface area contributed by atoms with E-state index in [-0.39, 0.29) is 86.9 Å². The molecule has 0 radical (unpaired) electrons. The molecule has 468 valence electrons. The SMILES string of the molecule is CC(C)C[C@@H]1NC(=O)[C@H](Cc2ccccc2)NC(=O)[C@@H](CC(C)C)NC(=O)[C@@H](C(C)C)NC(=O)[C@H](CC(C)C)NC(=O)[C@H](CC(C)C)NC(=O)[C@H](Cc2ccccc2)NC(=O)[C@@H](CC(C)C)NC(=O)[C@@H](C(C)C)NC(=O)[C@H](CC(C)C)NC1=O. The van der Waals surface area contributed by atoms with E-state index in [0.29, 0.717) is 11.1 Å². The molecular weight excluding hydrogens is 1070 g/mol. The van der Waals surface area contributed by atoms with Crippen molar-refractivity contribution in [3.8, 4) is 0 Å². The number of nitrogens with one attached hydrogen (secondary N) is 10. The van der Waals surface area contributed by atoms with E-state index in [9.17, 15) is 47.9 Å². The lowest BCUT2D eigenvalue weighted by molar-refractivity contribution is -0.137. The van der Waals surface area contributed by atoms with Crippen LogP contribution in [0, 0.1) is 47.3 Å². The number of rotatable bonds is 18. The van der Waals surface area contributed by atoms with Gasteiger partial charge in [0, 0.05) is 12.8 Å². The van der Waals surface area contributed by atoms with E-state index in [1.165, 1.54) is 0 Å². The molecule has 0 spiro atoms. The summed E-state index contributed by atoms with van der Waals surface area (Å²) < 4.78 is 0. The van der Waals surface area contributed by atoms with Crippen molar-refractivity contribution in [2.45, 2.75) is 223 Å². The lowest BCUT2D eigenvalue weighted by Gasteiger charge is -2.31. The molecule has 1 heterocycles. The van der Waals surface area contributed by atoms with Gasteiger partial charge in [-0.15, -0.1) is 0 Å². The van der Waals surface area contributed by atoms with E-state index in [2.05, 4.69) is 53.2 Å². The third-order valence-electron chi connectivity index (χ3n) is 14.4. The second-order valence-corrected chi connectivity index (χ2v) is 26.1. The smallest absolute Gasteiger partial charge is 0.243 e. The summed E-state index contributed by atoms with van der Waals surface area (Å²) in [7, 11) is 0. The summed E-state index contributed by atoms with van der Waals surface area (Å²) in [4.78, 5) is 146. The minimum Gasteiger partial charge on any atom is -0.343 e. The molecule has 0 aliphatic carbocycles. The first-order valence-corrected chi connectivity index (χ1v) is 30.5. The zero-order valence-corrected chi connectivity index (χ0v) is 52.9. The average molecular weight is 1170 g/mol. The number of carbonyl (C=O) groups is 10. The maximum Gasteiger partial charge on any atom is 0.243 e. The zero-order valence-electron chi connectivity index (χ0n) is 52.9. The number of amides is 10. The molecule has 1 aliphatic heterocycles. The molecule has 1 saturated heterocycles. The standard InChI is InChI=1S/C64H102N10O10/c1-35(2)27-45-55(75)67-49(31-39(9)10)61(81)73-53(41(13)14)63(83)72-48(30-38(7)8)58(78)70-52(34-44-25-21-18-22-26-44)60(80)66-46(28-36(3)4)56(76)68-50(32-40(11)12)62(82)74-54(42(15)16)64(84)71-47(29-37(5)6)57(77)69-51(59(79)65-45)33-43-23-19-17-20-24-43/h17-26,35-42,45-54H,27-34H2,1-16H3,(H,65,79)(H,66,80)(H,67,75)(H,68,76)(H,69,77)(H,70,78)(H,71,84)(H,72,83)(H,73,81)(H,74,82)/t45-,46-,47+,48+,49-,50-,51-,52-,53+,54+/m0/s1. The van der Waals surface area contributed by atoms with Crippen LogP contribution in [0.3, 0.4) is 0 Å². The van der Waals surface area contributed by atoms with Gasteiger partial charge < -0.3 is 53.2 Å². The van der Waals surface area contributed by atoms with E-state index >= 15 is 0 Å². The highest BCUT2D eigenvalue weighted by molar-refractivity contribution is 5.99. The van der Waals surface area contributed by atoms with Gasteiger partial charge >= 0.3 is 0 Å². The maximum absolute atomic E-state index is 14.7. The second-order valence-electron chi connectivity index (χ2n) is 26.1. The highest BCUT2D eigenvalue weighted by atomic mass is 16.2. The third-order valence-corrected chi connectivity index (χ3v) is 14.4. The molecule has 84 heavy (non-hydrogen) atoms. The van der Waals surface area contributed by atoms with Gasteiger partial charge in [-0.05, 0) is 97.0 Å². The molecule has 0 unspecified atom stereocenters. The Kier molecular flexibility index (Phi) is 29.6. The Morgan fingerprint density at radius 2 is 0.429 bits per heavy atom. The Balaban J connectivity index is 2.29. The van der Waals surface area contributed by atoms with Crippen molar-refractivity contribution in [2.75, 3.05) is 0 Å². The summed E-state index contributed by atoms with van der Waals surface area (Å²) in [5, 5.41) is 28.6. The third kappa shape index (κ3) is 24.8. The fourth-order valence-electron chi connectivity index (χ4n) is 10.1. The average Bonchev–Trinajstić information content (AvgIpc) is 3.36. The van der Waals surface area contributed by atoms with E-state index < -0.39 is 131 Å². The van der Waals surface area contributed by atoms with E-state index in [0.717, 1.165) is 0 Å². The molecule has 2 aromatic carbocycles. The van der Waals surface area contributed by atoms with Gasteiger partial charge in [-0.25, -0.2) is 0 Å². The zero-order chi connectivity index (χ0) is 63.1. The van der Waals surface area contributed by atoms with Crippen molar-refractivity contribution < 1.29 is 47.9 Å². The molecule has 10 N–H and O–H groups in total. The first-order chi connectivity index (χ1) is 39.3. The lowest BCUT2D eigenvalue weighted by Crippen LogP contribution is -2.62. The molecule has 2 aromatic rings. The normalized spacial score (nSPS) is 25.0. The summed E-state index contributed by atoms with van der Waals surface area (Å²) >= 11 is 0. The van der Waals surface area contributed by atoms with E-state index in [4.69, 9.17) is 0 Å². The molecule has 3 rings (SSSR count). The van der Waals surface area contributed by atoms with Crippen molar-refractivity contribution in [3.63, 3.8) is 0 Å². The van der Waals surface area contributed by atoms with Crippen molar-refractivity contribution >= 4 is 59.1 Å². The summed E-state index contributed by atoms with van der Waals surface area (Å²) in [5.74, 6) is -8.73. The summed E-state index contributed by atoms with van der Waals surface area (Å²) in [6.45, 7) is 29.4. The maximum atomic E-state index is 14.7. The molecule has 20 nitrogen and oxygen atoms in total. The lowest BCUT2D eigenvalue weighted by atomic mass is 9.96. The summed E-state index contributed by atoms with van der Waals surface area (Å²) in [6.07, 6.45) is 0.827. The molecule has 1 aliphatic rings. The molecule has 10 atom stereocenters. The van der Waals surface area contributed by atoms with E-state index in [1.807, 2.05) is 95.2 Å². The van der Waals surface area contributed by atoms with Gasteiger partial charge in [-0.3, -0.25) is 47.9 Å². The van der Waals surface area contributed by atoms with Gasteiger partial charge in [0.15, 0.2) is 0 Å². The number of hydrogen-bond donors (Lipinski definition) is 10. The van der Waals surface area contributed by atoms with Crippen LogP contribution in [-0.2, 0) is 60.8 Å². The van der Waals surface area contributed by atoms with Crippen LogP contribution in [0.5, 0.6) is 0 Å². The van der Waals surface area contributed by atoms with Crippen molar-refractivity contribution in [1.82, 2.24) is 53.2 Å². The fraction of sp³-hybridized carbons (Fsp3) is 0.656. The summed E-state index contributed by atoms with van der Waals surface area (Å²) in [6, 6.07) is 5.81. The van der Waals surface area contributed by atoms with Crippen LogP contribution >= 0.6 is 0 Å². The number of benzene rings is 2. The minimum atomic E-state index is -1.27. The summed E-state index contributed by atoms with van der Waals surface area (Å²) in [5.41, 5.74) is 1.38. The van der Waals surface area contributed by atoms with E-state index in [1.54, 1.807) is 76.2 Å². The van der Waals surface area contributed by atoms with Gasteiger partial charge in [0.25, 0.3) is 0 Å². The van der Waals surface area contributed by atoms with Crippen LogP contribution in [0.1, 0.15) is 160 Å². The number of carbonyl (C=O) groups excluding carboxylic acids is 10. The first-order valence-electron chi connectivity index (χ1n) is 30.5. The van der Waals surface area contributed by atoms with Crippen LogP contribution in [0.15, 0.2) is 60.7 Å². The van der Waals surface area contributed by atoms with Crippen LogP contribution in [-0.4, -0.2) is 119 Å². The first kappa shape index (κ1) is 71.4. The van der Waals surface area contributed by atoms with Gasteiger partial charge in [-0.1, -0.05) is 171 Å². The van der Waals surface area contributed by atoms with Crippen LogP contribution in [0.4, 0.5) is 0 Å². The molecular formula is C64H102N10O10. The topological polar surface area (TPSA) is 291 Å². The second kappa shape index (κ2) is 34.8. The Morgan fingerprint density at radius 1 is 0.250 bits per heavy atom. The molecule has 1 fully saturated rings. The molecule has 0 aromatic heterocycles. The largest absolute Gasteiger partial charge is 0.343 e. The monoisotopic (exact) mass is 1170 g/mol. The van der Waals surface area contributed by atoms with Crippen LogP contribution < -0.4 is 53.2 Å². The Morgan fingerprint density at radius 3 is 0.631 bits per heavy atom. The molecule has 0 saturated carbocycles. The van der Waals surface area contributed by atoms with Crippen LogP contribution in [0.2, 0.25) is 0 Å². The highest BCUT2D eigenvalue weighted by Gasteiger charge is 2.39. The number of hydrogen-bond acceptors (Lipinski definition) is 10. The Hall–Kier alpha value is -6.86. The fourth-order valence-corrected chi connectivity index (χ4v) is 10.1. The highest BCUT2D eigenvalue weighted by Crippen LogP contribution is 2.17. The van der Waals surface area contributed by atoms with Crippen molar-refractivity contribution in [2.24, 2.45) is 47.3 Å². The quantitative estimate of drug-likeness (QED) is 0.0961. The van der Waals surface area contributed by atoms with Crippen molar-refractivity contribution in [1.29, 1.82) is 0 Å². The predicted molar refractivity (Wildman–Crippen MR) is 326 cm³/mol. The molecule has 10 amide bonds.